The van der Waals surface area contributed by atoms with Crippen LogP contribution < -0.4 is 5.73 Å². The van der Waals surface area contributed by atoms with Crippen LogP contribution in [0.2, 0.25) is 0 Å². The molecule has 2 nitrogen and oxygen atoms in total. The van der Waals surface area contributed by atoms with Crippen molar-refractivity contribution in [2.45, 2.75) is 57.9 Å². The molecule has 0 saturated heterocycles. The zero-order chi connectivity index (χ0) is 14.1. The smallest absolute Gasteiger partial charge is 0.137 e. The number of furan rings is 1. The summed E-state index contributed by atoms with van der Waals surface area (Å²) in [6.07, 6.45) is 6.19. The van der Waals surface area contributed by atoms with Gasteiger partial charge in [0.05, 0.1) is 0 Å². The Morgan fingerprint density at radius 2 is 2.15 bits per heavy atom. The monoisotopic (exact) mass is 271 g/mol. The molecule has 0 radical (unpaired) electrons. The van der Waals surface area contributed by atoms with Crippen molar-refractivity contribution < 1.29 is 4.42 Å². The predicted molar refractivity (Wildman–Crippen MR) is 83.9 cm³/mol. The van der Waals surface area contributed by atoms with E-state index in [4.69, 9.17) is 10.2 Å². The van der Waals surface area contributed by atoms with E-state index >= 15 is 0 Å². The minimum Gasteiger partial charge on any atom is -0.460 e. The van der Waals surface area contributed by atoms with Crippen LogP contribution in [0.25, 0.3) is 11.0 Å². The first-order chi connectivity index (χ1) is 9.69. The summed E-state index contributed by atoms with van der Waals surface area (Å²) in [7, 11) is 0. The highest BCUT2D eigenvalue weighted by Gasteiger charge is 2.31. The van der Waals surface area contributed by atoms with E-state index in [-0.39, 0.29) is 6.04 Å². The number of rotatable bonds is 3. The van der Waals surface area contributed by atoms with Crippen molar-refractivity contribution in [3.8, 4) is 0 Å². The number of nitrogens with two attached hydrogens (primary N) is 1. The number of para-hydroxylation sites is 1. The first kappa shape index (κ1) is 13.7. The molecule has 1 fully saturated rings. The summed E-state index contributed by atoms with van der Waals surface area (Å²) in [5, 5.41) is 1.21. The SMILES string of the molecule is CCCC1CCC(N)C(c2cc3cccc(C)c3o2)C1. The van der Waals surface area contributed by atoms with Gasteiger partial charge in [-0.05, 0) is 43.7 Å². The van der Waals surface area contributed by atoms with E-state index in [0.717, 1.165) is 23.7 Å². The highest BCUT2D eigenvalue weighted by atomic mass is 16.3. The van der Waals surface area contributed by atoms with Crippen molar-refractivity contribution in [2.24, 2.45) is 11.7 Å². The van der Waals surface area contributed by atoms with Gasteiger partial charge in [-0.15, -0.1) is 0 Å². The number of benzene rings is 1. The molecule has 3 atom stereocenters. The van der Waals surface area contributed by atoms with Crippen LogP contribution in [0.15, 0.2) is 28.7 Å². The van der Waals surface area contributed by atoms with Gasteiger partial charge in [-0.1, -0.05) is 38.0 Å². The molecule has 1 aromatic heterocycles. The number of hydrogen-bond donors (Lipinski definition) is 1. The summed E-state index contributed by atoms with van der Waals surface area (Å²) >= 11 is 0. The lowest BCUT2D eigenvalue weighted by molar-refractivity contribution is 0.254. The first-order valence-corrected chi connectivity index (χ1v) is 7.93. The lowest BCUT2D eigenvalue weighted by Crippen LogP contribution is -2.34. The molecule has 0 amide bonds. The molecule has 1 saturated carbocycles. The number of fused-ring (bicyclic) bond motifs is 1. The lowest BCUT2D eigenvalue weighted by atomic mass is 9.75. The Balaban J connectivity index is 1.90. The first-order valence-electron chi connectivity index (χ1n) is 7.93. The van der Waals surface area contributed by atoms with Gasteiger partial charge in [-0.2, -0.15) is 0 Å². The topological polar surface area (TPSA) is 39.2 Å². The van der Waals surface area contributed by atoms with Gasteiger partial charge < -0.3 is 10.2 Å². The van der Waals surface area contributed by atoms with Crippen molar-refractivity contribution in [1.82, 2.24) is 0 Å². The standard InChI is InChI=1S/C18H25NO/c1-3-5-13-8-9-16(19)15(10-13)17-11-14-7-4-6-12(2)18(14)20-17/h4,6-7,11,13,15-16H,3,5,8-10,19H2,1-2H3. The zero-order valence-electron chi connectivity index (χ0n) is 12.6. The molecule has 3 rings (SSSR count). The minimum absolute atomic E-state index is 0.254. The average Bonchev–Trinajstić information content (AvgIpc) is 2.86. The Bertz CT molecular complexity index is 586. The number of hydrogen-bond acceptors (Lipinski definition) is 2. The zero-order valence-corrected chi connectivity index (χ0v) is 12.6. The van der Waals surface area contributed by atoms with E-state index in [1.165, 1.54) is 36.6 Å². The van der Waals surface area contributed by atoms with Crippen LogP contribution in [-0.2, 0) is 0 Å². The van der Waals surface area contributed by atoms with Gasteiger partial charge >= 0.3 is 0 Å². The molecule has 108 valence electrons. The van der Waals surface area contributed by atoms with E-state index in [9.17, 15) is 0 Å². The van der Waals surface area contributed by atoms with Crippen molar-refractivity contribution in [3.05, 3.63) is 35.6 Å². The molecular weight excluding hydrogens is 246 g/mol. The average molecular weight is 271 g/mol. The molecule has 1 heterocycles. The quantitative estimate of drug-likeness (QED) is 0.874. The summed E-state index contributed by atoms with van der Waals surface area (Å²) in [5.41, 5.74) is 8.62. The molecule has 20 heavy (non-hydrogen) atoms. The van der Waals surface area contributed by atoms with Crippen molar-refractivity contribution >= 4 is 11.0 Å². The molecule has 2 N–H and O–H groups in total. The fraction of sp³-hybridized carbons (Fsp3) is 0.556. The van der Waals surface area contributed by atoms with E-state index in [2.05, 4.69) is 38.1 Å². The van der Waals surface area contributed by atoms with Gasteiger partial charge in [0.2, 0.25) is 0 Å². The van der Waals surface area contributed by atoms with Crippen LogP contribution in [0.3, 0.4) is 0 Å². The molecule has 1 aliphatic rings. The third-order valence-corrected chi connectivity index (χ3v) is 4.83. The van der Waals surface area contributed by atoms with Gasteiger partial charge in [-0.25, -0.2) is 0 Å². The van der Waals surface area contributed by atoms with Crippen LogP contribution in [0.1, 0.15) is 56.3 Å². The molecule has 0 spiro atoms. The van der Waals surface area contributed by atoms with Gasteiger partial charge in [0.1, 0.15) is 11.3 Å². The second-order valence-corrected chi connectivity index (χ2v) is 6.38. The van der Waals surface area contributed by atoms with Crippen LogP contribution in [-0.4, -0.2) is 6.04 Å². The summed E-state index contributed by atoms with van der Waals surface area (Å²) in [6.45, 7) is 4.38. The fourth-order valence-corrected chi connectivity index (χ4v) is 3.69. The molecular formula is C18H25NO. The molecule has 3 unspecified atom stereocenters. The lowest BCUT2D eigenvalue weighted by Gasteiger charge is -2.32. The molecule has 2 aromatic rings. The van der Waals surface area contributed by atoms with Gasteiger partial charge in [0.15, 0.2) is 0 Å². The third-order valence-electron chi connectivity index (χ3n) is 4.83. The van der Waals surface area contributed by atoms with Crippen LogP contribution >= 0.6 is 0 Å². The Hall–Kier alpha value is -1.28. The largest absolute Gasteiger partial charge is 0.460 e. The second kappa shape index (κ2) is 5.61. The Morgan fingerprint density at radius 3 is 2.90 bits per heavy atom. The molecule has 1 aliphatic carbocycles. The summed E-state index contributed by atoms with van der Waals surface area (Å²) < 4.78 is 6.16. The summed E-state index contributed by atoms with van der Waals surface area (Å²) in [4.78, 5) is 0. The predicted octanol–water partition coefficient (Wildman–Crippen LogP) is 4.75. The van der Waals surface area contributed by atoms with Crippen LogP contribution in [0.5, 0.6) is 0 Å². The molecule has 0 bridgehead atoms. The number of aryl methyl sites for hydroxylation is 1. The molecule has 0 aliphatic heterocycles. The van der Waals surface area contributed by atoms with E-state index < -0.39 is 0 Å². The Labute approximate surface area is 121 Å². The van der Waals surface area contributed by atoms with E-state index in [1.54, 1.807) is 0 Å². The van der Waals surface area contributed by atoms with E-state index in [0.29, 0.717) is 5.92 Å². The van der Waals surface area contributed by atoms with E-state index in [1.807, 2.05) is 0 Å². The summed E-state index contributed by atoms with van der Waals surface area (Å²) in [5.74, 6) is 2.31. The van der Waals surface area contributed by atoms with Crippen molar-refractivity contribution in [1.29, 1.82) is 0 Å². The fourth-order valence-electron chi connectivity index (χ4n) is 3.69. The van der Waals surface area contributed by atoms with Gasteiger partial charge in [0.25, 0.3) is 0 Å². The molecule has 2 heteroatoms. The third kappa shape index (κ3) is 2.49. The highest BCUT2D eigenvalue weighted by molar-refractivity contribution is 5.81. The summed E-state index contributed by atoms with van der Waals surface area (Å²) in [6, 6.07) is 8.80. The molecule has 1 aromatic carbocycles. The normalized spacial score (nSPS) is 27.1. The van der Waals surface area contributed by atoms with Gasteiger partial charge in [0, 0.05) is 17.3 Å². The second-order valence-electron chi connectivity index (χ2n) is 6.38. The Morgan fingerprint density at radius 1 is 1.30 bits per heavy atom. The maximum atomic E-state index is 6.37. The highest BCUT2D eigenvalue weighted by Crippen LogP contribution is 2.39. The van der Waals surface area contributed by atoms with Crippen LogP contribution in [0, 0.1) is 12.8 Å². The maximum absolute atomic E-state index is 6.37. The Kier molecular flexibility index (Phi) is 3.84. The maximum Gasteiger partial charge on any atom is 0.137 e. The van der Waals surface area contributed by atoms with Crippen molar-refractivity contribution in [3.63, 3.8) is 0 Å². The van der Waals surface area contributed by atoms with Crippen molar-refractivity contribution in [2.75, 3.05) is 0 Å². The van der Waals surface area contributed by atoms with Crippen LogP contribution in [0.4, 0.5) is 0 Å². The minimum atomic E-state index is 0.254. The van der Waals surface area contributed by atoms with Gasteiger partial charge in [-0.3, -0.25) is 0 Å².